The van der Waals surface area contributed by atoms with Crippen LogP contribution in [0.5, 0.6) is 5.75 Å². The minimum atomic E-state index is -0.390. The van der Waals surface area contributed by atoms with E-state index in [1.165, 1.54) is 16.7 Å². The number of methoxy groups -OCH3 is 1. The molecule has 0 saturated heterocycles. The minimum absolute atomic E-state index is 0. The molecule has 46 heavy (non-hydrogen) atoms. The molecule has 3 aromatic carbocycles. The fraction of sp³-hybridized carbons (Fsp3) is 0.486. The van der Waals surface area contributed by atoms with Crippen LogP contribution in [0, 0.1) is 13.8 Å². The molecule has 9 nitrogen and oxygen atoms in total. The van der Waals surface area contributed by atoms with Gasteiger partial charge >= 0.3 is 0 Å². The number of hydrogen-bond donors (Lipinski definition) is 4. The van der Waals surface area contributed by atoms with E-state index in [0.717, 1.165) is 53.1 Å². The van der Waals surface area contributed by atoms with Gasteiger partial charge in [0.05, 0.1) is 27.1 Å². The highest BCUT2D eigenvalue weighted by Crippen LogP contribution is 2.28. The lowest BCUT2D eigenvalue weighted by Gasteiger charge is -2.19. The van der Waals surface area contributed by atoms with Crippen LogP contribution in [-0.4, -0.2) is 57.6 Å². The number of ketones is 1. The van der Waals surface area contributed by atoms with Crippen molar-refractivity contribution < 1.29 is 28.8 Å². The predicted molar refractivity (Wildman–Crippen MR) is 187 cm³/mol. The van der Waals surface area contributed by atoms with E-state index in [-0.39, 0.29) is 32.6 Å². The zero-order chi connectivity index (χ0) is 32.4. The van der Waals surface area contributed by atoms with Gasteiger partial charge in [0.25, 0.3) is 0 Å². The van der Waals surface area contributed by atoms with Crippen molar-refractivity contribution in [1.82, 2.24) is 5.32 Å². The van der Waals surface area contributed by atoms with Crippen molar-refractivity contribution in [2.45, 2.75) is 79.9 Å². The summed E-state index contributed by atoms with van der Waals surface area (Å²) in [5.74, 6) is 0.963. The molecule has 0 radical (unpaired) electrons. The van der Waals surface area contributed by atoms with Crippen molar-refractivity contribution >= 4 is 17.2 Å². The van der Waals surface area contributed by atoms with Gasteiger partial charge in [0.15, 0.2) is 0 Å². The van der Waals surface area contributed by atoms with E-state index in [0.29, 0.717) is 32.9 Å². The van der Waals surface area contributed by atoms with E-state index in [9.17, 15) is 4.79 Å². The number of hydrogen-bond acceptors (Lipinski definition) is 9. The molecular formula is C37H55N3O6. The van der Waals surface area contributed by atoms with Crippen molar-refractivity contribution in [3.05, 3.63) is 76.9 Å². The summed E-state index contributed by atoms with van der Waals surface area (Å²) < 4.78 is 22.4. The van der Waals surface area contributed by atoms with Gasteiger partial charge in [0.1, 0.15) is 31.8 Å². The molecule has 0 fully saturated rings. The third kappa shape index (κ3) is 12.7. The molecule has 3 aromatic rings. The molecule has 0 spiro atoms. The smallest absolute Gasteiger partial charge is 0.143 e. The third-order valence-electron chi connectivity index (χ3n) is 7.52. The van der Waals surface area contributed by atoms with Gasteiger partial charge in [0, 0.05) is 35.8 Å². The standard InChI is InChI=1S/C36H51N3O6.CH4/c1-6-8-28-16-26(3)36(27(4)17-28)39-24-45-23-38-35-18-30(29-12-14-34(42-5)15-13-29)10-11-31(35)20-43-22-37-32(21-44-25-40)19-33(41)9-7-2;/h10-18,32,37-40H,6-9,19-25H2,1-5H3;1H4/t32-;/m0./s1. The summed E-state index contributed by atoms with van der Waals surface area (Å²) in [6.07, 6.45) is 3.86. The normalized spacial score (nSPS) is 11.5. The Kier molecular flexibility index (Phi) is 18.0. The highest BCUT2D eigenvalue weighted by Gasteiger charge is 2.14. The van der Waals surface area contributed by atoms with Gasteiger partial charge in [-0.3, -0.25) is 10.1 Å². The van der Waals surface area contributed by atoms with Crippen molar-refractivity contribution in [2.75, 3.05) is 51.3 Å². The van der Waals surface area contributed by atoms with E-state index >= 15 is 0 Å². The number of aryl methyl sites for hydroxylation is 3. The number of rotatable bonds is 22. The van der Waals surface area contributed by atoms with Gasteiger partial charge in [0.2, 0.25) is 0 Å². The molecule has 0 aromatic heterocycles. The Balaban J connectivity index is 0.00000736. The van der Waals surface area contributed by atoms with Gasteiger partial charge in [-0.05, 0) is 72.7 Å². The number of Topliss-reactive ketones (excluding diaryl/α,β-unsaturated/α-hetero) is 1. The van der Waals surface area contributed by atoms with Gasteiger partial charge < -0.3 is 34.7 Å². The van der Waals surface area contributed by atoms with Crippen LogP contribution < -0.4 is 20.7 Å². The molecule has 0 aliphatic carbocycles. The Hall–Kier alpha value is -3.47. The van der Waals surface area contributed by atoms with Crippen molar-refractivity contribution in [1.29, 1.82) is 0 Å². The highest BCUT2D eigenvalue weighted by atomic mass is 16.6. The maximum atomic E-state index is 12.2. The highest BCUT2D eigenvalue weighted by molar-refractivity contribution is 5.79. The first-order valence-electron chi connectivity index (χ1n) is 15.8. The first-order valence-corrected chi connectivity index (χ1v) is 15.8. The van der Waals surface area contributed by atoms with Crippen LogP contribution in [-0.2, 0) is 32.0 Å². The first kappa shape index (κ1) is 38.7. The predicted octanol–water partition coefficient (Wildman–Crippen LogP) is 7.18. The Morgan fingerprint density at radius 2 is 1.54 bits per heavy atom. The summed E-state index contributed by atoms with van der Waals surface area (Å²) in [6.45, 7) is 9.51. The fourth-order valence-corrected chi connectivity index (χ4v) is 5.28. The van der Waals surface area contributed by atoms with Crippen LogP contribution in [0.2, 0.25) is 0 Å². The molecule has 0 bridgehead atoms. The zero-order valence-corrected chi connectivity index (χ0v) is 27.5. The molecular weight excluding hydrogens is 582 g/mol. The molecule has 0 unspecified atom stereocenters. The summed E-state index contributed by atoms with van der Waals surface area (Å²) in [4.78, 5) is 12.2. The molecule has 0 aliphatic heterocycles. The van der Waals surface area contributed by atoms with Crippen LogP contribution in [0.25, 0.3) is 11.1 Å². The third-order valence-corrected chi connectivity index (χ3v) is 7.52. The first-order chi connectivity index (χ1) is 21.9. The summed E-state index contributed by atoms with van der Waals surface area (Å²) in [5, 5.41) is 19.1. The van der Waals surface area contributed by atoms with Gasteiger partial charge in [-0.15, -0.1) is 0 Å². The van der Waals surface area contributed by atoms with Crippen LogP contribution >= 0.6 is 0 Å². The number of ether oxygens (including phenoxy) is 4. The lowest BCUT2D eigenvalue weighted by atomic mass is 10.0. The fourth-order valence-electron chi connectivity index (χ4n) is 5.28. The average molecular weight is 638 g/mol. The summed E-state index contributed by atoms with van der Waals surface area (Å²) in [7, 11) is 1.66. The molecule has 0 heterocycles. The van der Waals surface area contributed by atoms with E-state index in [1.54, 1.807) is 7.11 Å². The average Bonchev–Trinajstić information content (AvgIpc) is 3.03. The minimum Gasteiger partial charge on any atom is -0.497 e. The number of aliphatic hydroxyl groups excluding tert-OH is 1. The van der Waals surface area contributed by atoms with Crippen molar-refractivity contribution in [2.24, 2.45) is 0 Å². The number of aliphatic hydroxyl groups is 1. The monoisotopic (exact) mass is 637 g/mol. The molecule has 4 N–H and O–H groups in total. The molecule has 1 atom stereocenters. The van der Waals surface area contributed by atoms with Crippen LogP contribution in [0.15, 0.2) is 54.6 Å². The maximum absolute atomic E-state index is 12.2. The second kappa shape index (κ2) is 21.3. The van der Waals surface area contributed by atoms with Crippen LogP contribution in [0.1, 0.15) is 69.2 Å². The van der Waals surface area contributed by atoms with E-state index < -0.39 is 6.79 Å². The zero-order valence-electron chi connectivity index (χ0n) is 27.5. The molecule has 254 valence electrons. The van der Waals surface area contributed by atoms with Crippen LogP contribution in [0.4, 0.5) is 11.4 Å². The summed E-state index contributed by atoms with van der Waals surface area (Å²) in [6, 6.07) is 18.4. The summed E-state index contributed by atoms with van der Waals surface area (Å²) >= 11 is 0. The van der Waals surface area contributed by atoms with Gasteiger partial charge in [-0.25, -0.2) is 0 Å². The number of benzene rings is 3. The van der Waals surface area contributed by atoms with E-state index in [1.807, 2.05) is 37.3 Å². The Bertz CT molecular complexity index is 1290. The molecule has 3 rings (SSSR count). The molecule has 9 heteroatoms. The topological polar surface area (TPSA) is 110 Å². The van der Waals surface area contributed by atoms with Crippen molar-refractivity contribution in [3.63, 3.8) is 0 Å². The molecule has 0 saturated carbocycles. The second-order valence-corrected chi connectivity index (χ2v) is 11.2. The van der Waals surface area contributed by atoms with E-state index in [2.05, 4.69) is 61.0 Å². The lowest BCUT2D eigenvalue weighted by Crippen LogP contribution is -2.37. The maximum Gasteiger partial charge on any atom is 0.143 e. The number of nitrogens with one attached hydrogen (secondary N) is 3. The summed E-state index contributed by atoms with van der Waals surface area (Å²) in [5.41, 5.74) is 8.89. The Morgan fingerprint density at radius 1 is 0.848 bits per heavy atom. The Morgan fingerprint density at radius 3 is 2.20 bits per heavy atom. The second-order valence-electron chi connectivity index (χ2n) is 11.2. The van der Waals surface area contributed by atoms with Crippen LogP contribution in [0.3, 0.4) is 0 Å². The lowest BCUT2D eigenvalue weighted by molar-refractivity contribution is -0.120. The van der Waals surface area contributed by atoms with Crippen molar-refractivity contribution in [3.8, 4) is 16.9 Å². The quantitative estimate of drug-likeness (QED) is 0.0673. The van der Waals surface area contributed by atoms with Gasteiger partial charge in [-0.2, -0.15) is 0 Å². The largest absolute Gasteiger partial charge is 0.497 e. The SMILES string of the molecule is C.CCCC(=O)C[C@@H](COCO)NCOCc1ccc(-c2ccc(OC)cc2)cc1NCOCNc1c(C)cc(CCC)cc1C. The molecule has 0 aliphatic rings. The Labute approximate surface area is 276 Å². The van der Waals surface area contributed by atoms with E-state index in [4.69, 9.17) is 24.1 Å². The number of carbonyl (C=O) groups is 1. The number of carbonyl (C=O) groups excluding carboxylic acids is 1. The van der Waals surface area contributed by atoms with Gasteiger partial charge in [-0.1, -0.05) is 64.1 Å². The molecule has 0 amide bonds. The number of anilines is 2.